The van der Waals surface area contributed by atoms with Crippen molar-refractivity contribution in [1.29, 1.82) is 0 Å². The predicted octanol–water partition coefficient (Wildman–Crippen LogP) is 3.43. The van der Waals surface area contributed by atoms with E-state index in [4.69, 9.17) is 0 Å². The molecule has 1 aliphatic heterocycles. The van der Waals surface area contributed by atoms with Gasteiger partial charge in [0.1, 0.15) is 0 Å². The van der Waals surface area contributed by atoms with E-state index in [0.717, 1.165) is 12.0 Å². The molecule has 1 N–H and O–H groups in total. The maximum Gasteiger partial charge on any atom is 0.271 e. The number of hydrogen-bond donors (Lipinski definition) is 1. The van der Waals surface area contributed by atoms with E-state index in [0.29, 0.717) is 18.5 Å². The second-order valence-corrected chi connectivity index (χ2v) is 8.85. The lowest BCUT2D eigenvalue weighted by atomic mass is 9.62. The van der Waals surface area contributed by atoms with Gasteiger partial charge >= 0.3 is 0 Å². The van der Waals surface area contributed by atoms with Crippen molar-refractivity contribution in [3.8, 4) is 0 Å². The maximum absolute atomic E-state index is 13.0. The molecule has 3 rings (SSSR count). The fourth-order valence-electron chi connectivity index (χ4n) is 4.58. The van der Waals surface area contributed by atoms with Crippen LogP contribution in [0.2, 0.25) is 0 Å². The van der Waals surface area contributed by atoms with Gasteiger partial charge in [0.2, 0.25) is 17.7 Å². The molecule has 1 aromatic carbocycles. The zero-order valence-corrected chi connectivity index (χ0v) is 17.3. The number of likely N-dealkylation sites (tertiary alicyclic amines) is 1. The molecule has 8 heteroatoms. The van der Waals surface area contributed by atoms with Crippen LogP contribution >= 0.6 is 0 Å². The Morgan fingerprint density at radius 1 is 1.31 bits per heavy atom. The number of nitrogens with zero attached hydrogens (tertiary/aromatic N) is 2. The molecule has 2 fully saturated rings. The Bertz CT molecular complexity index is 894. The van der Waals surface area contributed by atoms with Crippen molar-refractivity contribution in [2.45, 2.75) is 53.4 Å². The van der Waals surface area contributed by atoms with E-state index in [9.17, 15) is 24.5 Å². The van der Waals surface area contributed by atoms with Crippen molar-refractivity contribution in [3.63, 3.8) is 0 Å². The van der Waals surface area contributed by atoms with E-state index >= 15 is 0 Å². The van der Waals surface area contributed by atoms with Crippen LogP contribution in [-0.2, 0) is 14.4 Å². The number of carbonyl (C=O) groups excluding carboxylic acids is 3. The van der Waals surface area contributed by atoms with Crippen molar-refractivity contribution in [3.05, 3.63) is 33.9 Å². The highest BCUT2D eigenvalue weighted by atomic mass is 16.6. The van der Waals surface area contributed by atoms with Crippen LogP contribution in [0.1, 0.15) is 52.0 Å². The van der Waals surface area contributed by atoms with Gasteiger partial charge in [0.15, 0.2) is 0 Å². The first kappa shape index (κ1) is 21.0. The second-order valence-electron chi connectivity index (χ2n) is 8.85. The fraction of sp³-hybridized carbons (Fsp3) is 0.571. The van der Waals surface area contributed by atoms with E-state index in [-0.39, 0.29) is 47.7 Å². The predicted molar refractivity (Wildman–Crippen MR) is 107 cm³/mol. The Morgan fingerprint density at radius 2 is 2.00 bits per heavy atom. The summed E-state index contributed by atoms with van der Waals surface area (Å²) in [7, 11) is 0. The molecule has 8 nitrogen and oxygen atoms in total. The van der Waals surface area contributed by atoms with Crippen molar-refractivity contribution < 1.29 is 19.3 Å². The van der Waals surface area contributed by atoms with Crippen LogP contribution in [0, 0.1) is 33.8 Å². The van der Waals surface area contributed by atoms with Gasteiger partial charge in [-0.3, -0.25) is 29.4 Å². The van der Waals surface area contributed by atoms with Gasteiger partial charge in [-0.1, -0.05) is 26.8 Å². The molecule has 156 valence electrons. The molecular formula is C21H27N3O5. The van der Waals surface area contributed by atoms with Gasteiger partial charge in [-0.25, -0.2) is 0 Å². The highest BCUT2D eigenvalue weighted by Gasteiger charge is 2.64. The number of nitrogens with one attached hydrogen (secondary N) is 1. The van der Waals surface area contributed by atoms with Crippen LogP contribution in [0.4, 0.5) is 11.4 Å². The first-order valence-corrected chi connectivity index (χ1v) is 9.90. The van der Waals surface area contributed by atoms with E-state index in [2.05, 4.69) is 5.32 Å². The number of non-ortho nitro benzene ring substituents is 1. The lowest BCUT2D eigenvalue weighted by Crippen LogP contribution is -2.59. The first-order valence-electron chi connectivity index (χ1n) is 9.90. The monoisotopic (exact) mass is 401 g/mol. The summed E-state index contributed by atoms with van der Waals surface area (Å²) in [6.45, 7) is 7.88. The zero-order chi connectivity index (χ0) is 21.6. The number of rotatable bonds is 6. The van der Waals surface area contributed by atoms with Gasteiger partial charge in [0, 0.05) is 31.0 Å². The van der Waals surface area contributed by atoms with Crippen molar-refractivity contribution in [2.75, 3.05) is 11.9 Å². The number of carbonyl (C=O) groups is 3. The molecule has 1 aromatic rings. The summed E-state index contributed by atoms with van der Waals surface area (Å²) in [5.74, 6) is -0.743. The first-order chi connectivity index (χ1) is 13.5. The SMILES string of the molecule is Cc1ccc([N+](=O)[O-])cc1NC(=O)CCCN1C(=O)C2CCC(C)(C1=O)C2(C)C. The van der Waals surface area contributed by atoms with E-state index < -0.39 is 10.3 Å². The molecule has 2 unspecified atom stereocenters. The average Bonchev–Trinajstić information content (AvgIpc) is 2.83. The van der Waals surface area contributed by atoms with Crippen LogP contribution < -0.4 is 5.32 Å². The van der Waals surface area contributed by atoms with Gasteiger partial charge in [0.25, 0.3) is 5.69 Å². The summed E-state index contributed by atoms with van der Waals surface area (Å²) in [6, 6.07) is 4.29. The van der Waals surface area contributed by atoms with Gasteiger partial charge in [0.05, 0.1) is 16.0 Å². The van der Waals surface area contributed by atoms with E-state index in [1.54, 1.807) is 13.0 Å². The van der Waals surface area contributed by atoms with Crippen LogP contribution in [0.25, 0.3) is 0 Å². The Balaban J connectivity index is 1.60. The molecule has 1 heterocycles. The number of hydrogen-bond acceptors (Lipinski definition) is 5. The molecule has 2 bridgehead atoms. The summed E-state index contributed by atoms with van der Waals surface area (Å²) < 4.78 is 0. The number of amides is 3. The molecule has 29 heavy (non-hydrogen) atoms. The Hall–Kier alpha value is -2.77. The quantitative estimate of drug-likeness (QED) is 0.446. The minimum absolute atomic E-state index is 0.0956. The normalized spacial score (nSPS) is 25.2. The summed E-state index contributed by atoms with van der Waals surface area (Å²) in [5.41, 5.74) is 0.114. The van der Waals surface area contributed by atoms with Crippen LogP contribution in [-0.4, -0.2) is 34.1 Å². The molecule has 0 radical (unpaired) electrons. The van der Waals surface area contributed by atoms with Crippen molar-refractivity contribution in [1.82, 2.24) is 4.90 Å². The molecule has 1 aliphatic carbocycles. The number of piperidine rings is 1. The molecule has 0 spiro atoms. The van der Waals surface area contributed by atoms with Gasteiger partial charge in [-0.05, 0) is 37.2 Å². The van der Waals surface area contributed by atoms with Gasteiger partial charge < -0.3 is 5.32 Å². The van der Waals surface area contributed by atoms with E-state index in [1.165, 1.54) is 17.0 Å². The van der Waals surface area contributed by atoms with Crippen LogP contribution in [0.15, 0.2) is 18.2 Å². The lowest BCUT2D eigenvalue weighted by Gasteiger charge is -2.47. The molecule has 2 atom stereocenters. The van der Waals surface area contributed by atoms with Crippen molar-refractivity contribution in [2.24, 2.45) is 16.7 Å². The largest absolute Gasteiger partial charge is 0.326 e. The number of fused-ring (bicyclic) bond motifs is 2. The van der Waals surface area contributed by atoms with Crippen molar-refractivity contribution >= 4 is 29.1 Å². The fourth-order valence-corrected chi connectivity index (χ4v) is 4.58. The third kappa shape index (κ3) is 3.41. The molecule has 1 saturated carbocycles. The molecule has 2 aliphatic rings. The average molecular weight is 401 g/mol. The third-order valence-corrected chi connectivity index (χ3v) is 7.00. The summed E-state index contributed by atoms with van der Waals surface area (Å²) in [5, 5.41) is 13.6. The minimum Gasteiger partial charge on any atom is -0.326 e. The number of aryl methyl sites for hydroxylation is 1. The number of benzene rings is 1. The molecule has 1 saturated heterocycles. The standard InChI is InChI=1S/C21H27N3O5/c1-13-7-8-14(24(28)29)12-16(13)22-17(25)6-5-11-23-18(26)15-9-10-21(4,19(23)27)20(15,2)3/h7-8,12,15H,5-6,9-11H2,1-4H3,(H,22,25). The molecule has 0 aromatic heterocycles. The van der Waals surface area contributed by atoms with Gasteiger partial charge in [-0.15, -0.1) is 0 Å². The molecular weight excluding hydrogens is 374 g/mol. The van der Waals surface area contributed by atoms with Crippen LogP contribution in [0.5, 0.6) is 0 Å². The summed E-state index contributed by atoms with van der Waals surface area (Å²) >= 11 is 0. The van der Waals surface area contributed by atoms with Gasteiger partial charge in [-0.2, -0.15) is 0 Å². The zero-order valence-electron chi connectivity index (χ0n) is 17.3. The maximum atomic E-state index is 13.0. The number of imide groups is 1. The number of anilines is 1. The number of nitro benzene ring substituents is 1. The van der Waals surface area contributed by atoms with Crippen LogP contribution in [0.3, 0.4) is 0 Å². The number of nitro groups is 1. The Morgan fingerprint density at radius 3 is 2.66 bits per heavy atom. The summed E-state index contributed by atoms with van der Waals surface area (Å²) in [4.78, 5) is 49.8. The Kier molecular flexibility index (Phi) is 5.23. The summed E-state index contributed by atoms with van der Waals surface area (Å²) in [6.07, 6.45) is 1.89. The lowest BCUT2D eigenvalue weighted by molar-refractivity contribution is -0.384. The minimum atomic E-state index is -0.548. The topological polar surface area (TPSA) is 110 Å². The second kappa shape index (κ2) is 7.24. The smallest absolute Gasteiger partial charge is 0.271 e. The molecule has 3 amide bonds. The Labute approximate surface area is 169 Å². The highest BCUT2D eigenvalue weighted by molar-refractivity contribution is 6.03. The third-order valence-electron chi connectivity index (χ3n) is 7.00. The van der Waals surface area contributed by atoms with E-state index in [1.807, 2.05) is 20.8 Å². The highest BCUT2D eigenvalue weighted by Crippen LogP contribution is 2.60.